The van der Waals surface area contributed by atoms with Crippen molar-refractivity contribution in [3.05, 3.63) is 41.8 Å². The summed E-state index contributed by atoms with van der Waals surface area (Å²) in [6.45, 7) is 8.85. The van der Waals surface area contributed by atoms with E-state index in [0.717, 1.165) is 6.42 Å². The van der Waals surface area contributed by atoms with Gasteiger partial charge in [0, 0.05) is 0 Å². The van der Waals surface area contributed by atoms with Gasteiger partial charge in [-0.05, 0) is 55.2 Å². The van der Waals surface area contributed by atoms with Crippen molar-refractivity contribution >= 4 is 0 Å². The summed E-state index contributed by atoms with van der Waals surface area (Å²) in [5.74, 6) is 0. The quantitative estimate of drug-likeness (QED) is 0.0606. The summed E-state index contributed by atoms with van der Waals surface area (Å²) in [5, 5.41) is 0. The lowest BCUT2D eigenvalue weighted by atomic mass is 9.91. The molecule has 0 saturated carbocycles. The van der Waals surface area contributed by atoms with Gasteiger partial charge >= 0.3 is 0 Å². The fraction of sp³-hybridized carbons (Fsp3) is 0.857. The Morgan fingerprint density at radius 3 is 0.755 bits per heavy atom. The minimum atomic E-state index is 1.03. The molecule has 0 heteroatoms. The molecule has 0 amide bonds. The van der Waals surface area contributed by atoms with Crippen LogP contribution in [0.25, 0.3) is 0 Å². The van der Waals surface area contributed by atoms with Crippen LogP contribution in [0, 0.1) is 6.92 Å². The molecule has 1 rings (SSSR count). The summed E-state index contributed by atoms with van der Waals surface area (Å²) >= 11 is 0. The van der Waals surface area contributed by atoms with Gasteiger partial charge in [0.1, 0.15) is 0 Å². The maximum atomic E-state index is 4.23. The van der Waals surface area contributed by atoms with E-state index in [-0.39, 0.29) is 0 Å². The topological polar surface area (TPSA) is 0 Å². The Kier molecular flexibility index (Phi) is 36.3. The number of unbranched alkanes of at least 4 members (excludes halogenated alkanes) is 34. The predicted molar refractivity (Wildman–Crippen MR) is 225 cm³/mol. The van der Waals surface area contributed by atoms with Crippen molar-refractivity contribution in [3.8, 4) is 0 Å². The predicted octanol–water partition coefficient (Wildman–Crippen LogP) is 17.6. The molecule has 0 N–H and O–H groups in total. The van der Waals surface area contributed by atoms with Crippen LogP contribution >= 0.6 is 0 Å². The van der Waals surface area contributed by atoms with Crippen LogP contribution in [0.3, 0.4) is 0 Å². The van der Waals surface area contributed by atoms with Crippen LogP contribution < -0.4 is 0 Å². The second-order valence-electron chi connectivity index (χ2n) is 16.2. The summed E-state index contributed by atoms with van der Waals surface area (Å²) in [5.41, 5.74) is 4.94. The van der Waals surface area contributed by atoms with Crippen LogP contribution in [0.4, 0.5) is 0 Å². The molecule has 1 aromatic rings. The maximum Gasteiger partial charge on any atom is -0.0273 e. The van der Waals surface area contributed by atoms with Crippen molar-refractivity contribution in [1.29, 1.82) is 0 Å². The minimum absolute atomic E-state index is 1.03. The lowest BCUT2D eigenvalue weighted by Crippen LogP contribution is -2.01. The average Bonchev–Trinajstić information content (AvgIpc) is 3.11. The van der Waals surface area contributed by atoms with Crippen molar-refractivity contribution in [1.82, 2.24) is 0 Å². The van der Waals surface area contributed by atoms with Gasteiger partial charge in [0.2, 0.25) is 0 Å². The highest BCUT2D eigenvalue weighted by molar-refractivity contribution is 5.36. The molecule has 1 radical (unpaired) electrons. The number of hydrogen-bond donors (Lipinski definition) is 0. The number of rotatable bonds is 40. The minimum Gasteiger partial charge on any atom is -0.0654 e. The standard InChI is InChI=1S/C49H91/c1-4-7-9-11-13-15-17-19-21-23-25-27-29-31-33-35-37-39-43-47-45-41-46-48(49(47)42-6-3)44-40-38-36-34-32-30-28-26-24-22-20-18-16-14-12-10-8-5-2/h41,45-46H,3-40,42-44H2,1-2H3. The Balaban J connectivity index is 1.99. The van der Waals surface area contributed by atoms with Gasteiger partial charge in [-0.25, -0.2) is 0 Å². The van der Waals surface area contributed by atoms with E-state index in [9.17, 15) is 0 Å². The third-order valence-corrected chi connectivity index (χ3v) is 11.4. The first-order valence-electron chi connectivity index (χ1n) is 23.2. The second kappa shape index (κ2) is 38.5. The third-order valence-electron chi connectivity index (χ3n) is 11.4. The Hall–Kier alpha value is -0.780. The van der Waals surface area contributed by atoms with Gasteiger partial charge in [-0.1, -0.05) is 257 Å². The van der Waals surface area contributed by atoms with Gasteiger partial charge in [-0.15, -0.1) is 0 Å². The first-order chi connectivity index (χ1) is 24.3. The van der Waals surface area contributed by atoms with Crippen LogP contribution in [0.2, 0.25) is 0 Å². The molecule has 0 nitrogen and oxygen atoms in total. The van der Waals surface area contributed by atoms with Gasteiger partial charge in [-0.3, -0.25) is 0 Å². The lowest BCUT2D eigenvalue weighted by molar-refractivity contribution is 0.524. The monoisotopic (exact) mass is 680 g/mol. The van der Waals surface area contributed by atoms with Gasteiger partial charge in [-0.2, -0.15) is 0 Å². The molecule has 0 bridgehead atoms. The van der Waals surface area contributed by atoms with E-state index >= 15 is 0 Å². The molecular formula is C49H91. The molecule has 0 heterocycles. The molecule has 0 aliphatic heterocycles. The summed E-state index contributed by atoms with van der Waals surface area (Å²) in [6, 6.07) is 7.20. The normalized spacial score (nSPS) is 11.6. The molecular weight excluding hydrogens is 589 g/mol. The van der Waals surface area contributed by atoms with Crippen LogP contribution in [0.5, 0.6) is 0 Å². The fourth-order valence-electron chi connectivity index (χ4n) is 8.09. The Labute approximate surface area is 311 Å². The molecule has 1 aromatic carbocycles. The molecule has 0 aliphatic carbocycles. The van der Waals surface area contributed by atoms with Crippen molar-refractivity contribution in [2.24, 2.45) is 0 Å². The molecule has 0 unspecified atom stereocenters. The highest BCUT2D eigenvalue weighted by Crippen LogP contribution is 2.23. The fourth-order valence-corrected chi connectivity index (χ4v) is 8.09. The van der Waals surface area contributed by atoms with E-state index in [0.29, 0.717) is 0 Å². The number of hydrogen-bond acceptors (Lipinski definition) is 0. The van der Waals surface area contributed by atoms with Crippen LogP contribution in [-0.4, -0.2) is 0 Å². The zero-order valence-corrected chi connectivity index (χ0v) is 34.2. The van der Waals surface area contributed by atoms with E-state index in [1.807, 2.05) is 0 Å². The number of aryl methyl sites for hydroxylation is 2. The lowest BCUT2D eigenvalue weighted by Gasteiger charge is -2.15. The smallest absolute Gasteiger partial charge is 0.0273 e. The molecule has 0 spiro atoms. The Morgan fingerprint density at radius 2 is 0.531 bits per heavy atom. The summed E-state index contributed by atoms with van der Waals surface area (Å²) in [6.07, 6.45) is 57.0. The van der Waals surface area contributed by atoms with Gasteiger partial charge in [0.25, 0.3) is 0 Å². The van der Waals surface area contributed by atoms with Crippen LogP contribution in [-0.2, 0) is 19.3 Å². The second-order valence-corrected chi connectivity index (χ2v) is 16.2. The van der Waals surface area contributed by atoms with E-state index < -0.39 is 0 Å². The van der Waals surface area contributed by atoms with E-state index in [2.05, 4.69) is 39.0 Å². The largest absolute Gasteiger partial charge is 0.0654 e. The van der Waals surface area contributed by atoms with E-state index in [1.54, 1.807) is 16.7 Å². The van der Waals surface area contributed by atoms with Crippen LogP contribution in [0.15, 0.2) is 18.2 Å². The summed E-state index contributed by atoms with van der Waals surface area (Å²) < 4.78 is 0. The molecule has 49 heavy (non-hydrogen) atoms. The highest BCUT2D eigenvalue weighted by Gasteiger charge is 2.08. The first-order valence-corrected chi connectivity index (χ1v) is 23.2. The van der Waals surface area contributed by atoms with Gasteiger partial charge in [0.05, 0.1) is 0 Å². The van der Waals surface area contributed by atoms with Crippen molar-refractivity contribution < 1.29 is 0 Å². The Bertz CT molecular complexity index is 703. The molecule has 0 saturated heterocycles. The van der Waals surface area contributed by atoms with Gasteiger partial charge in [0.15, 0.2) is 0 Å². The molecule has 0 atom stereocenters. The highest BCUT2D eigenvalue weighted by atomic mass is 14.1. The van der Waals surface area contributed by atoms with E-state index in [1.165, 1.54) is 250 Å². The average molecular weight is 680 g/mol. The molecule has 287 valence electrons. The van der Waals surface area contributed by atoms with Gasteiger partial charge < -0.3 is 0 Å². The molecule has 0 fully saturated rings. The zero-order valence-electron chi connectivity index (χ0n) is 34.2. The SMILES string of the molecule is [CH2]CCc1c(CCCCCCCCCCCCCCCCCCCC)cccc1CCCCCCCCCCCCCCCCCCCC. The van der Waals surface area contributed by atoms with Crippen LogP contribution in [0.1, 0.15) is 268 Å². The van der Waals surface area contributed by atoms with Crippen molar-refractivity contribution in [2.75, 3.05) is 0 Å². The van der Waals surface area contributed by atoms with E-state index in [4.69, 9.17) is 0 Å². The van der Waals surface area contributed by atoms with Crippen molar-refractivity contribution in [2.45, 2.75) is 271 Å². The first kappa shape index (κ1) is 46.2. The van der Waals surface area contributed by atoms with Crippen molar-refractivity contribution in [3.63, 3.8) is 0 Å². The maximum absolute atomic E-state index is 4.23. The number of benzene rings is 1. The third kappa shape index (κ3) is 30.5. The summed E-state index contributed by atoms with van der Waals surface area (Å²) in [4.78, 5) is 0. The Morgan fingerprint density at radius 1 is 0.306 bits per heavy atom. The summed E-state index contributed by atoms with van der Waals surface area (Å²) in [7, 11) is 0. The molecule has 0 aromatic heterocycles. The zero-order chi connectivity index (χ0) is 35.1. The molecule has 0 aliphatic rings.